The molecule has 1 aliphatic heterocycles. The van der Waals surface area contributed by atoms with Gasteiger partial charge in [-0.1, -0.05) is 23.7 Å². The largest absolute Gasteiger partial charge is 0.460 e. The second kappa shape index (κ2) is 11.5. The van der Waals surface area contributed by atoms with Gasteiger partial charge in [-0.15, -0.1) is 0 Å². The summed E-state index contributed by atoms with van der Waals surface area (Å²) in [5.41, 5.74) is 2.09. The van der Waals surface area contributed by atoms with Crippen LogP contribution in [-0.4, -0.2) is 52.6 Å². The van der Waals surface area contributed by atoms with Crippen molar-refractivity contribution in [3.63, 3.8) is 0 Å². The molecule has 1 aromatic rings. The van der Waals surface area contributed by atoms with E-state index >= 15 is 0 Å². The first-order valence-electron chi connectivity index (χ1n) is 9.56. The number of esters is 2. The van der Waals surface area contributed by atoms with Crippen molar-refractivity contribution in [2.24, 2.45) is 0 Å². The minimum absolute atomic E-state index is 0.0428. The zero-order chi connectivity index (χ0) is 23.0. The summed E-state index contributed by atoms with van der Waals surface area (Å²) in [5.74, 6) is -2.13. The Bertz CT molecular complexity index is 904. The van der Waals surface area contributed by atoms with Crippen LogP contribution in [0.1, 0.15) is 30.9 Å². The minimum Gasteiger partial charge on any atom is -0.460 e. The molecule has 9 heteroatoms. The number of nitrogens with one attached hydrogen (secondary N) is 1. The second-order valence-corrected chi connectivity index (χ2v) is 7.09. The van der Waals surface area contributed by atoms with Gasteiger partial charge in [0.25, 0.3) is 0 Å². The van der Waals surface area contributed by atoms with E-state index in [4.69, 9.17) is 30.5 Å². The maximum absolute atomic E-state index is 13.0. The van der Waals surface area contributed by atoms with E-state index in [2.05, 4.69) is 5.32 Å². The fourth-order valence-corrected chi connectivity index (χ4v) is 3.57. The van der Waals surface area contributed by atoms with E-state index in [0.29, 0.717) is 17.0 Å². The van der Waals surface area contributed by atoms with E-state index in [1.165, 1.54) is 14.2 Å². The molecule has 0 aliphatic carbocycles. The topological polar surface area (TPSA) is 107 Å². The first-order chi connectivity index (χ1) is 14.9. The van der Waals surface area contributed by atoms with E-state index in [-0.39, 0.29) is 48.2 Å². The van der Waals surface area contributed by atoms with Crippen molar-refractivity contribution >= 4 is 23.5 Å². The van der Waals surface area contributed by atoms with Crippen molar-refractivity contribution in [3.8, 4) is 6.07 Å². The molecule has 166 valence electrons. The van der Waals surface area contributed by atoms with Gasteiger partial charge in [-0.05, 0) is 25.5 Å². The molecule has 1 aliphatic rings. The fraction of sp³-hybridized carbons (Fsp3) is 0.409. The molecule has 1 heterocycles. The lowest BCUT2D eigenvalue weighted by Crippen LogP contribution is -2.33. The molecule has 1 aromatic carbocycles. The van der Waals surface area contributed by atoms with Crippen LogP contribution in [0.3, 0.4) is 0 Å². The Labute approximate surface area is 186 Å². The number of methoxy groups -OCH3 is 2. The average Bonchev–Trinajstić information content (AvgIpc) is 2.73. The molecule has 8 nitrogen and oxygen atoms in total. The highest BCUT2D eigenvalue weighted by atomic mass is 35.5. The lowest BCUT2D eigenvalue weighted by atomic mass is 9.80. The molecule has 31 heavy (non-hydrogen) atoms. The maximum Gasteiger partial charge on any atom is 0.336 e. The molecule has 0 radical (unpaired) electrons. The number of rotatable bonds is 9. The summed E-state index contributed by atoms with van der Waals surface area (Å²) in [4.78, 5) is 26.0. The normalized spacial score (nSPS) is 14.2. The van der Waals surface area contributed by atoms with Crippen molar-refractivity contribution in [2.45, 2.75) is 19.8 Å². The lowest BCUT2D eigenvalue weighted by molar-refractivity contribution is -0.141. The van der Waals surface area contributed by atoms with Crippen LogP contribution in [-0.2, 0) is 28.5 Å². The van der Waals surface area contributed by atoms with E-state index in [1.807, 2.05) is 6.07 Å². The van der Waals surface area contributed by atoms with Gasteiger partial charge in [-0.3, -0.25) is 0 Å². The van der Waals surface area contributed by atoms with Crippen LogP contribution in [0.4, 0.5) is 0 Å². The smallest absolute Gasteiger partial charge is 0.336 e. The van der Waals surface area contributed by atoms with Gasteiger partial charge >= 0.3 is 11.9 Å². The van der Waals surface area contributed by atoms with Crippen LogP contribution in [0.2, 0.25) is 5.02 Å². The third-order valence-electron chi connectivity index (χ3n) is 4.70. The van der Waals surface area contributed by atoms with Crippen LogP contribution in [0.15, 0.2) is 40.7 Å². The monoisotopic (exact) mass is 448 g/mol. The highest BCUT2D eigenvalue weighted by Crippen LogP contribution is 2.42. The summed E-state index contributed by atoms with van der Waals surface area (Å²) in [6.07, 6.45) is 0. The number of nitrogens with zero attached hydrogens (tertiary/aromatic N) is 1. The Balaban J connectivity index is 2.59. The third kappa shape index (κ3) is 5.64. The van der Waals surface area contributed by atoms with Gasteiger partial charge in [0.1, 0.15) is 19.3 Å². The number of nitriles is 1. The summed E-state index contributed by atoms with van der Waals surface area (Å²) < 4.78 is 20.6. The number of hydrogen-bond acceptors (Lipinski definition) is 8. The van der Waals surface area contributed by atoms with Crippen LogP contribution < -0.4 is 5.32 Å². The third-order valence-corrected chi connectivity index (χ3v) is 5.12. The Morgan fingerprint density at radius 3 is 1.97 bits per heavy atom. The summed E-state index contributed by atoms with van der Waals surface area (Å²) >= 11 is 6.50. The Kier molecular flexibility index (Phi) is 9.06. The highest BCUT2D eigenvalue weighted by Gasteiger charge is 2.39. The van der Waals surface area contributed by atoms with Gasteiger partial charge in [-0.2, -0.15) is 5.26 Å². The Morgan fingerprint density at radius 2 is 1.52 bits per heavy atom. The quantitative estimate of drug-likeness (QED) is 0.454. The molecule has 0 saturated carbocycles. The van der Waals surface area contributed by atoms with Gasteiger partial charge in [0.2, 0.25) is 0 Å². The van der Waals surface area contributed by atoms with Gasteiger partial charge in [0, 0.05) is 25.6 Å². The first-order valence-corrected chi connectivity index (χ1v) is 9.94. The van der Waals surface area contributed by atoms with Crippen molar-refractivity contribution in [3.05, 3.63) is 56.9 Å². The summed E-state index contributed by atoms with van der Waals surface area (Å²) in [7, 11) is 2.99. The molecule has 0 saturated heterocycles. The maximum atomic E-state index is 13.0. The second-order valence-electron chi connectivity index (χ2n) is 6.71. The number of allylic oxidation sites excluding steroid dienone is 2. The molecule has 0 fully saturated rings. The molecule has 2 rings (SSSR count). The van der Waals surface area contributed by atoms with Gasteiger partial charge in [0.15, 0.2) is 0 Å². The van der Waals surface area contributed by atoms with Crippen LogP contribution in [0.5, 0.6) is 0 Å². The van der Waals surface area contributed by atoms with Crippen molar-refractivity contribution in [1.29, 1.82) is 5.26 Å². The first kappa shape index (κ1) is 24.4. The molecular formula is C22H25ClN2O6. The van der Waals surface area contributed by atoms with Crippen LogP contribution >= 0.6 is 11.6 Å². The van der Waals surface area contributed by atoms with Crippen molar-refractivity contribution in [2.75, 3.05) is 40.6 Å². The lowest BCUT2D eigenvalue weighted by Gasteiger charge is -2.31. The van der Waals surface area contributed by atoms with Gasteiger partial charge in [0.05, 0.1) is 40.9 Å². The molecule has 0 unspecified atom stereocenters. The molecule has 0 bridgehead atoms. The summed E-state index contributed by atoms with van der Waals surface area (Å²) in [6, 6.07) is 6.90. The number of ether oxygens (including phenoxy) is 4. The van der Waals surface area contributed by atoms with Gasteiger partial charge in [-0.25, -0.2) is 9.59 Å². The van der Waals surface area contributed by atoms with Crippen LogP contribution in [0.25, 0.3) is 0 Å². The molecule has 0 atom stereocenters. The van der Waals surface area contributed by atoms with Crippen molar-refractivity contribution in [1.82, 2.24) is 5.32 Å². The molecule has 1 N–H and O–H groups in total. The van der Waals surface area contributed by atoms with E-state index in [9.17, 15) is 14.9 Å². The predicted octanol–water partition coefficient (Wildman–Crippen LogP) is 2.83. The van der Waals surface area contributed by atoms with Gasteiger partial charge < -0.3 is 24.3 Å². The zero-order valence-corrected chi connectivity index (χ0v) is 18.7. The Morgan fingerprint density at radius 1 is 1.00 bits per heavy atom. The van der Waals surface area contributed by atoms with E-state index in [0.717, 1.165) is 0 Å². The van der Waals surface area contributed by atoms with Crippen molar-refractivity contribution < 1.29 is 28.5 Å². The number of carbonyl (C=O) groups excluding carboxylic acids is 2. The minimum atomic E-state index is -0.882. The number of halogens is 1. The number of dihydropyridines is 1. The fourth-order valence-electron chi connectivity index (χ4n) is 3.30. The predicted molar refractivity (Wildman–Crippen MR) is 113 cm³/mol. The highest BCUT2D eigenvalue weighted by molar-refractivity contribution is 6.32. The molecule has 0 spiro atoms. The SMILES string of the molecule is COCCOC(=O)C1=C(C)NC(C)=C(C(=O)OCCOC)C1c1cccc(C#N)c1Cl. The molecular weight excluding hydrogens is 424 g/mol. The average molecular weight is 449 g/mol. The summed E-state index contributed by atoms with van der Waals surface area (Å²) in [6.45, 7) is 3.95. The number of benzene rings is 1. The molecule has 0 amide bonds. The zero-order valence-electron chi connectivity index (χ0n) is 17.9. The summed E-state index contributed by atoms with van der Waals surface area (Å²) in [5, 5.41) is 12.6. The van der Waals surface area contributed by atoms with E-state index < -0.39 is 17.9 Å². The Hall–Kier alpha value is -2.86. The van der Waals surface area contributed by atoms with E-state index in [1.54, 1.807) is 32.0 Å². The number of carbonyl (C=O) groups is 2. The standard InChI is InChI=1S/C22H25ClN2O6/c1-13-17(21(26)30-10-8-28-3)19(16-7-5-6-15(12-24)20(16)23)18(14(2)25-13)22(27)31-11-9-29-4/h5-7,19,25H,8-11H2,1-4H3. The number of hydrogen-bond donors (Lipinski definition) is 1. The van der Waals surface area contributed by atoms with Crippen LogP contribution in [0, 0.1) is 11.3 Å². The molecule has 0 aromatic heterocycles.